The number of benzene rings is 1. The van der Waals surface area contributed by atoms with E-state index in [1.165, 1.54) is 37.7 Å². The van der Waals surface area contributed by atoms with Gasteiger partial charge in [0.25, 0.3) is 0 Å². The second-order valence-electron chi connectivity index (χ2n) is 12.2. The van der Waals surface area contributed by atoms with Gasteiger partial charge >= 0.3 is 0 Å². The summed E-state index contributed by atoms with van der Waals surface area (Å²) in [6, 6.07) is 10.1. The highest BCUT2D eigenvalue weighted by Gasteiger charge is 2.27. The summed E-state index contributed by atoms with van der Waals surface area (Å²) < 4.78 is 0. The predicted molar refractivity (Wildman–Crippen MR) is 170 cm³/mol. The maximum Gasteiger partial charge on any atom is 0.243 e. The van der Waals surface area contributed by atoms with Crippen molar-refractivity contribution in [3.8, 4) is 0 Å². The summed E-state index contributed by atoms with van der Waals surface area (Å²) in [6.45, 7) is 7.30. The first-order valence-electron chi connectivity index (χ1n) is 15.1. The molecule has 226 valence electrons. The summed E-state index contributed by atoms with van der Waals surface area (Å²) in [7, 11) is 0. The summed E-state index contributed by atoms with van der Waals surface area (Å²) in [5.74, 6) is 2.92. The summed E-state index contributed by atoms with van der Waals surface area (Å²) in [5, 5.41) is 16.5. The Balaban J connectivity index is 1.51. The van der Waals surface area contributed by atoms with E-state index in [2.05, 4.69) is 39.8 Å². The van der Waals surface area contributed by atoms with Crippen molar-refractivity contribution in [1.29, 1.82) is 0 Å². The van der Waals surface area contributed by atoms with Gasteiger partial charge in [-0.05, 0) is 69.4 Å². The Morgan fingerprint density at radius 2 is 1.80 bits per heavy atom. The Hall–Kier alpha value is -1.26. The van der Waals surface area contributed by atoms with E-state index in [9.17, 15) is 14.7 Å². The number of amides is 2. The fourth-order valence-corrected chi connectivity index (χ4v) is 7.37. The van der Waals surface area contributed by atoms with Crippen LogP contribution < -0.4 is 10.6 Å². The van der Waals surface area contributed by atoms with E-state index < -0.39 is 11.6 Å². The van der Waals surface area contributed by atoms with Crippen LogP contribution in [0.2, 0.25) is 0 Å². The molecule has 1 atom stereocenters. The van der Waals surface area contributed by atoms with Gasteiger partial charge in [-0.1, -0.05) is 49.6 Å². The monoisotopic (exact) mass is 592 g/mol. The lowest BCUT2D eigenvalue weighted by molar-refractivity contribution is -0.129. The minimum Gasteiger partial charge on any atom is -0.390 e. The molecule has 1 aromatic rings. The van der Waals surface area contributed by atoms with Crippen molar-refractivity contribution in [1.82, 2.24) is 20.4 Å². The van der Waals surface area contributed by atoms with E-state index >= 15 is 0 Å². The third kappa shape index (κ3) is 13.1. The van der Waals surface area contributed by atoms with Crippen LogP contribution in [0.3, 0.4) is 0 Å². The Labute approximate surface area is 251 Å². The Morgan fingerprint density at radius 1 is 1.10 bits per heavy atom. The fraction of sp³-hybridized carbons (Fsp3) is 0.742. The van der Waals surface area contributed by atoms with Crippen molar-refractivity contribution in [2.75, 3.05) is 49.8 Å². The van der Waals surface area contributed by atoms with Gasteiger partial charge in [0.05, 0.1) is 12.1 Å². The van der Waals surface area contributed by atoms with Crippen LogP contribution >= 0.6 is 23.5 Å². The minimum atomic E-state index is -0.776. The molecule has 0 aromatic heterocycles. The van der Waals surface area contributed by atoms with E-state index in [4.69, 9.17) is 0 Å². The maximum atomic E-state index is 13.5. The summed E-state index contributed by atoms with van der Waals surface area (Å²) in [6.07, 6.45) is 11.0. The zero-order valence-corrected chi connectivity index (χ0v) is 26.5. The Bertz CT molecular complexity index is 869. The summed E-state index contributed by atoms with van der Waals surface area (Å²) >= 11 is 3.47. The van der Waals surface area contributed by atoms with Crippen molar-refractivity contribution in [2.45, 2.75) is 89.4 Å². The number of carbonyl (C=O) groups is 2. The highest BCUT2D eigenvalue weighted by molar-refractivity contribution is 7.99. The minimum absolute atomic E-state index is 0.0566. The smallest absolute Gasteiger partial charge is 0.243 e. The molecule has 0 spiro atoms. The molecular weight excluding hydrogens is 541 g/mol. The van der Waals surface area contributed by atoms with Crippen LogP contribution in [0, 0.1) is 5.92 Å². The number of nitrogens with zero attached hydrogens (tertiary/aromatic N) is 2. The summed E-state index contributed by atoms with van der Waals surface area (Å²) in [5.41, 5.74) is 0.544. The Morgan fingerprint density at radius 3 is 2.45 bits per heavy atom. The first-order valence-corrected chi connectivity index (χ1v) is 17.6. The number of thioether (sulfide) groups is 2. The molecule has 3 rings (SSSR count). The standard InChI is InChI=1S/C31H52N4O3S2/c1-31(2,38)16-19-35(24-39-3)21-29(36)33-28(23-40-22-26-12-8-5-9-13-26)30(37)32-27-14-17-34(18-15-27)20-25-10-6-4-7-11-25/h4,6-7,10-11,26-28,38H,5,8-9,12-24H2,1-3H3,(H,32,37)(H,33,36)/t28-/m0/s1. The fourth-order valence-electron chi connectivity index (χ4n) is 5.51. The number of likely N-dealkylation sites (tertiary alicyclic amines) is 1. The molecule has 1 aromatic carbocycles. The normalized spacial score (nSPS) is 18.5. The molecule has 1 aliphatic heterocycles. The van der Waals surface area contributed by atoms with Crippen LogP contribution in [-0.4, -0.2) is 94.2 Å². The van der Waals surface area contributed by atoms with Crippen LogP contribution in [0.4, 0.5) is 0 Å². The molecule has 0 radical (unpaired) electrons. The van der Waals surface area contributed by atoms with E-state index in [0.29, 0.717) is 24.6 Å². The number of hydrogen-bond donors (Lipinski definition) is 3. The van der Waals surface area contributed by atoms with E-state index in [-0.39, 0.29) is 24.4 Å². The number of hydrogen-bond acceptors (Lipinski definition) is 7. The molecule has 7 nitrogen and oxygen atoms in total. The molecular formula is C31H52N4O3S2. The van der Waals surface area contributed by atoms with Gasteiger partial charge in [-0.15, -0.1) is 11.8 Å². The molecule has 1 saturated carbocycles. The van der Waals surface area contributed by atoms with Crippen LogP contribution in [0.25, 0.3) is 0 Å². The van der Waals surface area contributed by atoms with Gasteiger partial charge in [-0.3, -0.25) is 19.4 Å². The molecule has 0 unspecified atom stereocenters. The molecule has 3 N–H and O–H groups in total. The zero-order valence-electron chi connectivity index (χ0n) is 24.9. The van der Waals surface area contributed by atoms with Crippen molar-refractivity contribution in [3.63, 3.8) is 0 Å². The lowest BCUT2D eigenvalue weighted by atomic mass is 9.91. The average molecular weight is 593 g/mol. The second kappa shape index (κ2) is 17.6. The van der Waals surface area contributed by atoms with Crippen molar-refractivity contribution in [2.24, 2.45) is 5.92 Å². The summed E-state index contributed by atoms with van der Waals surface area (Å²) in [4.78, 5) is 31.1. The molecule has 2 fully saturated rings. The number of nitrogens with one attached hydrogen (secondary N) is 2. The van der Waals surface area contributed by atoms with Gasteiger partial charge in [0.1, 0.15) is 6.04 Å². The molecule has 1 heterocycles. The first-order chi connectivity index (χ1) is 19.2. The molecule has 1 saturated heterocycles. The lowest BCUT2D eigenvalue weighted by Crippen LogP contribution is -2.54. The van der Waals surface area contributed by atoms with Gasteiger partial charge in [0.15, 0.2) is 0 Å². The molecule has 40 heavy (non-hydrogen) atoms. The average Bonchev–Trinajstić information content (AvgIpc) is 2.93. The van der Waals surface area contributed by atoms with E-state index in [1.807, 2.05) is 29.0 Å². The van der Waals surface area contributed by atoms with Gasteiger partial charge in [-0.2, -0.15) is 11.8 Å². The molecule has 9 heteroatoms. The quantitative estimate of drug-likeness (QED) is 0.246. The van der Waals surface area contributed by atoms with Gasteiger partial charge in [-0.25, -0.2) is 0 Å². The van der Waals surface area contributed by atoms with E-state index in [0.717, 1.165) is 44.1 Å². The highest BCUT2D eigenvalue weighted by atomic mass is 32.2. The van der Waals surface area contributed by atoms with Gasteiger partial charge < -0.3 is 15.7 Å². The third-order valence-corrected chi connectivity index (χ3v) is 9.82. The number of aliphatic hydroxyl groups is 1. The lowest BCUT2D eigenvalue weighted by Gasteiger charge is -2.33. The number of carbonyl (C=O) groups excluding carboxylic acids is 2. The zero-order chi connectivity index (χ0) is 28.8. The Kier molecular flexibility index (Phi) is 14.7. The highest BCUT2D eigenvalue weighted by Crippen LogP contribution is 2.27. The van der Waals surface area contributed by atoms with Gasteiger partial charge in [0.2, 0.25) is 11.8 Å². The number of piperidine rings is 1. The van der Waals surface area contributed by atoms with Gasteiger partial charge in [0, 0.05) is 43.9 Å². The largest absolute Gasteiger partial charge is 0.390 e. The molecule has 0 bridgehead atoms. The second-order valence-corrected chi connectivity index (χ2v) is 14.1. The van der Waals surface area contributed by atoms with Crippen LogP contribution in [0.15, 0.2) is 30.3 Å². The molecule has 2 aliphatic rings. The SMILES string of the molecule is CSCN(CCC(C)(C)O)CC(=O)N[C@@H](CSCC1CCCCC1)C(=O)NC1CCN(Cc2ccccc2)CC1. The van der Waals surface area contributed by atoms with E-state index in [1.54, 1.807) is 25.6 Å². The molecule has 2 amide bonds. The predicted octanol–water partition coefficient (Wildman–Crippen LogP) is 4.35. The first kappa shape index (κ1) is 33.2. The van der Waals surface area contributed by atoms with Crippen molar-refractivity contribution < 1.29 is 14.7 Å². The van der Waals surface area contributed by atoms with Crippen LogP contribution in [0.5, 0.6) is 0 Å². The van der Waals surface area contributed by atoms with Crippen molar-refractivity contribution in [3.05, 3.63) is 35.9 Å². The van der Waals surface area contributed by atoms with Crippen molar-refractivity contribution >= 4 is 35.3 Å². The topological polar surface area (TPSA) is 84.9 Å². The molecule has 1 aliphatic carbocycles. The number of rotatable bonds is 16. The van der Waals surface area contributed by atoms with Crippen LogP contribution in [-0.2, 0) is 16.1 Å². The maximum absolute atomic E-state index is 13.5. The third-order valence-electron chi connectivity index (χ3n) is 7.92. The van der Waals surface area contributed by atoms with Crippen LogP contribution in [0.1, 0.15) is 70.8 Å².